The molecular weight excluding hydrogens is 398 g/mol. The second kappa shape index (κ2) is 8.81. The minimum absolute atomic E-state index is 0.0695. The van der Waals surface area contributed by atoms with Crippen LogP contribution in [0.3, 0.4) is 0 Å². The molecule has 1 fully saturated rings. The van der Waals surface area contributed by atoms with Crippen molar-refractivity contribution in [3.05, 3.63) is 70.9 Å². The number of benzene rings is 2. The van der Waals surface area contributed by atoms with Gasteiger partial charge in [-0.15, -0.1) is 0 Å². The molecule has 5 heteroatoms. The minimum Gasteiger partial charge on any atom is -0.494 e. The number of fused-ring (bicyclic) bond motifs is 1. The van der Waals surface area contributed by atoms with E-state index in [2.05, 4.69) is 65.3 Å². The van der Waals surface area contributed by atoms with Crippen LogP contribution in [-0.4, -0.2) is 33.7 Å². The smallest absolute Gasteiger partial charge is 0.273 e. The molecule has 1 aliphatic heterocycles. The average Bonchev–Trinajstić information content (AvgIpc) is 3.53. The maximum atomic E-state index is 13.6. The number of aromatic nitrogens is 2. The standard InChI is InChI=1S/C27H31N3O2/c1-3-4-16-32-22-11-7-8-20(17-22)26-23-24(19-14-12-18(2)13-15-19)28-29-25(23)27(31)30(26)21-9-5-6-10-21/h7-8,11-15,17,21,26H,3-6,9-10,16H2,1-2H3,(H,28,29). The van der Waals surface area contributed by atoms with E-state index >= 15 is 0 Å². The quantitative estimate of drug-likeness (QED) is 0.465. The van der Waals surface area contributed by atoms with Crippen molar-refractivity contribution >= 4 is 5.91 Å². The summed E-state index contributed by atoms with van der Waals surface area (Å²) < 4.78 is 6.00. The highest BCUT2D eigenvalue weighted by molar-refractivity contribution is 6.00. The molecule has 32 heavy (non-hydrogen) atoms. The number of nitrogens with one attached hydrogen (secondary N) is 1. The highest BCUT2D eigenvalue weighted by Crippen LogP contribution is 2.46. The van der Waals surface area contributed by atoms with E-state index in [-0.39, 0.29) is 18.0 Å². The molecule has 0 bridgehead atoms. The van der Waals surface area contributed by atoms with E-state index in [0.717, 1.165) is 53.8 Å². The molecule has 2 heterocycles. The number of hydrogen-bond donors (Lipinski definition) is 1. The first-order valence-electron chi connectivity index (χ1n) is 11.9. The number of nitrogens with zero attached hydrogens (tertiary/aromatic N) is 2. The number of H-pyrrole nitrogens is 1. The number of rotatable bonds is 7. The van der Waals surface area contributed by atoms with Gasteiger partial charge < -0.3 is 9.64 Å². The summed E-state index contributed by atoms with van der Waals surface area (Å²) in [6.07, 6.45) is 6.62. The zero-order valence-electron chi connectivity index (χ0n) is 18.9. The molecule has 0 radical (unpaired) electrons. The number of amides is 1. The normalized spacial score (nSPS) is 18.4. The van der Waals surface area contributed by atoms with Crippen LogP contribution in [0.1, 0.15) is 78.7 Å². The summed E-state index contributed by atoms with van der Waals surface area (Å²) in [6, 6.07) is 16.8. The predicted octanol–water partition coefficient (Wildman–Crippen LogP) is 6.05. The Hall–Kier alpha value is -3.08. The van der Waals surface area contributed by atoms with E-state index in [0.29, 0.717) is 12.3 Å². The Kier molecular flexibility index (Phi) is 5.73. The summed E-state index contributed by atoms with van der Waals surface area (Å²) >= 11 is 0. The predicted molar refractivity (Wildman–Crippen MR) is 126 cm³/mol. The van der Waals surface area contributed by atoms with Crippen LogP contribution in [0.25, 0.3) is 11.3 Å². The summed E-state index contributed by atoms with van der Waals surface area (Å²) in [5.41, 5.74) is 5.84. The minimum atomic E-state index is -0.148. The molecule has 5 nitrogen and oxygen atoms in total. The summed E-state index contributed by atoms with van der Waals surface area (Å²) in [5, 5.41) is 7.69. The van der Waals surface area contributed by atoms with Crippen molar-refractivity contribution in [2.75, 3.05) is 6.61 Å². The van der Waals surface area contributed by atoms with Crippen molar-refractivity contribution in [1.29, 1.82) is 0 Å². The first kappa shape index (κ1) is 20.8. The van der Waals surface area contributed by atoms with Gasteiger partial charge in [0.1, 0.15) is 11.4 Å². The van der Waals surface area contributed by atoms with Crippen LogP contribution in [-0.2, 0) is 0 Å². The number of ether oxygens (including phenoxy) is 1. The average molecular weight is 430 g/mol. The molecule has 166 valence electrons. The Labute approximate surface area is 189 Å². The van der Waals surface area contributed by atoms with Crippen LogP contribution in [0.5, 0.6) is 5.75 Å². The van der Waals surface area contributed by atoms with Gasteiger partial charge in [-0.3, -0.25) is 9.89 Å². The number of hydrogen-bond acceptors (Lipinski definition) is 3. The Bertz CT molecular complexity index is 1100. The van der Waals surface area contributed by atoms with Crippen molar-refractivity contribution in [1.82, 2.24) is 15.1 Å². The van der Waals surface area contributed by atoms with Crippen LogP contribution >= 0.6 is 0 Å². The van der Waals surface area contributed by atoms with Gasteiger partial charge in [0.2, 0.25) is 0 Å². The van der Waals surface area contributed by atoms with Gasteiger partial charge in [-0.2, -0.15) is 5.10 Å². The molecule has 1 N–H and O–H groups in total. The van der Waals surface area contributed by atoms with Gasteiger partial charge in [-0.1, -0.05) is 68.1 Å². The van der Waals surface area contributed by atoms with Crippen LogP contribution in [0.4, 0.5) is 0 Å². The maximum absolute atomic E-state index is 13.6. The molecule has 1 aromatic heterocycles. The van der Waals surface area contributed by atoms with Crippen molar-refractivity contribution in [3.63, 3.8) is 0 Å². The van der Waals surface area contributed by atoms with E-state index in [1.54, 1.807) is 0 Å². The van der Waals surface area contributed by atoms with Crippen molar-refractivity contribution in [2.45, 2.75) is 64.5 Å². The molecule has 2 aromatic carbocycles. The van der Waals surface area contributed by atoms with Crippen LogP contribution in [0.15, 0.2) is 48.5 Å². The fourth-order valence-electron chi connectivity index (χ4n) is 5.09. The number of unbranched alkanes of at least 4 members (excludes halogenated alkanes) is 1. The van der Waals surface area contributed by atoms with Crippen molar-refractivity contribution in [3.8, 4) is 17.0 Å². The third-order valence-corrected chi connectivity index (χ3v) is 6.79. The number of aromatic amines is 1. The second-order valence-corrected chi connectivity index (χ2v) is 9.05. The van der Waals surface area contributed by atoms with E-state index in [1.807, 2.05) is 12.1 Å². The summed E-state index contributed by atoms with van der Waals surface area (Å²) in [6.45, 7) is 4.95. The lowest BCUT2D eigenvalue weighted by molar-refractivity contribution is 0.0660. The molecule has 1 amide bonds. The van der Waals surface area contributed by atoms with E-state index in [9.17, 15) is 4.79 Å². The van der Waals surface area contributed by atoms with Gasteiger partial charge in [-0.05, 0) is 43.9 Å². The fraction of sp³-hybridized carbons (Fsp3) is 0.407. The SMILES string of the molecule is CCCCOc1cccc(C2c3c(-c4ccc(C)cc4)n[nH]c3C(=O)N2C2CCCC2)c1. The third-order valence-electron chi connectivity index (χ3n) is 6.79. The maximum Gasteiger partial charge on any atom is 0.273 e. The number of carbonyl (C=O) groups excluding carboxylic acids is 1. The van der Waals surface area contributed by atoms with E-state index in [4.69, 9.17) is 4.74 Å². The lowest BCUT2D eigenvalue weighted by Crippen LogP contribution is -2.37. The third kappa shape index (κ3) is 3.70. The Morgan fingerprint density at radius 1 is 1.12 bits per heavy atom. The molecule has 2 aliphatic rings. The Morgan fingerprint density at radius 3 is 2.66 bits per heavy atom. The highest BCUT2D eigenvalue weighted by Gasteiger charge is 2.45. The molecule has 1 saturated carbocycles. The van der Waals surface area contributed by atoms with Crippen molar-refractivity contribution < 1.29 is 9.53 Å². The Balaban J connectivity index is 1.59. The van der Waals surface area contributed by atoms with Crippen LogP contribution in [0.2, 0.25) is 0 Å². The number of carbonyl (C=O) groups is 1. The van der Waals surface area contributed by atoms with Gasteiger partial charge in [0, 0.05) is 17.2 Å². The molecule has 1 unspecified atom stereocenters. The lowest BCUT2D eigenvalue weighted by atomic mass is 9.95. The fourth-order valence-corrected chi connectivity index (χ4v) is 5.09. The van der Waals surface area contributed by atoms with Crippen LogP contribution in [0, 0.1) is 6.92 Å². The topological polar surface area (TPSA) is 58.2 Å². The molecule has 1 atom stereocenters. The Morgan fingerprint density at radius 2 is 1.91 bits per heavy atom. The number of aryl methyl sites for hydroxylation is 1. The highest BCUT2D eigenvalue weighted by atomic mass is 16.5. The first-order chi connectivity index (χ1) is 15.7. The largest absolute Gasteiger partial charge is 0.494 e. The van der Waals surface area contributed by atoms with Crippen LogP contribution < -0.4 is 4.74 Å². The summed E-state index contributed by atoms with van der Waals surface area (Å²) in [5.74, 6) is 0.934. The summed E-state index contributed by atoms with van der Waals surface area (Å²) in [7, 11) is 0. The molecule has 5 rings (SSSR count). The van der Waals surface area contributed by atoms with Gasteiger partial charge in [-0.25, -0.2) is 0 Å². The zero-order valence-corrected chi connectivity index (χ0v) is 18.9. The van der Waals surface area contributed by atoms with Gasteiger partial charge in [0.15, 0.2) is 0 Å². The summed E-state index contributed by atoms with van der Waals surface area (Å²) in [4.78, 5) is 15.7. The molecule has 3 aromatic rings. The zero-order chi connectivity index (χ0) is 22.1. The monoisotopic (exact) mass is 429 g/mol. The molecule has 0 spiro atoms. The van der Waals surface area contributed by atoms with E-state index in [1.165, 1.54) is 18.4 Å². The molecular formula is C27H31N3O2. The van der Waals surface area contributed by atoms with Gasteiger partial charge in [0.05, 0.1) is 18.3 Å². The molecule has 0 saturated heterocycles. The molecule has 1 aliphatic carbocycles. The van der Waals surface area contributed by atoms with Crippen molar-refractivity contribution in [2.24, 2.45) is 0 Å². The lowest BCUT2D eigenvalue weighted by Gasteiger charge is -2.32. The van der Waals surface area contributed by atoms with Gasteiger partial charge in [0.25, 0.3) is 5.91 Å². The van der Waals surface area contributed by atoms with Gasteiger partial charge >= 0.3 is 0 Å². The second-order valence-electron chi connectivity index (χ2n) is 9.05. The van der Waals surface area contributed by atoms with E-state index < -0.39 is 0 Å². The first-order valence-corrected chi connectivity index (χ1v) is 11.9.